The molecular weight excluding hydrogens is 415 g/mol. The number of hydrazine groups is 1. The largest absolute Gasteiger partial charge is 0.282 e. The number of carbonyl (C=O) groups is 1. The molecule has 7 heteroatoms. The van der Waals surface area contributed by atoms with Crippen LogP contribution in [0, 0.1) is 42.6 Å². The van der Waals surface area contributed by atoms with Crippen molar-refractivity contribution >= 4 is 22.4 Å². The minimum absolute atomic E-state index is 0.000265. The highest BCUT2D eigenvalue weighted by molar-refractivity contribution is 5.98. The summed E-state index contributed by atoms with van der Waals surface area (Å²) >= 11 is 0. The molecular formula is C25H22F3N3O. The van der Waals surface area contributed by atoms with Gasteiger partial charge in [-0.3, -0.25) is 14.8 Å². The highest BCUT2D eigenvalue weighted by Crippen LogP contribution is 2.33. The molecule has 0 aromatic heterocycles. The summed E-state index contributed by atoms with van der Waals surface area (Å²) in [5.41, 5.74) is 0.611. The molecule has 0 atom stereocenters. The first-order chi connectivity index (χ1) is 15.3. The average molecular weight is 437 g/mol. The molecule has 3 aromatic rings. The predicted octanol–water partition coefficient (Wildman–Crippen LogP) is 5.33. The quantitative estimate of drug-likeness (QED) is 0.520. The van der Waals surface area contributed by atoms with Crippen LogP contribution in [0.4, 0.5) is 18.9 Å². The van der Waals surface area contributed by atoms with Gasteiger partial charge in [-0.25, -0.2) is 13.2 Å². The minimum Gasteiger partial charge on any atom is -0.282 e. The van der Waals surface area contributed by atoms with E-state index in [-0.39, 0.29) is 11.1 Å². The van der Waals surface area contributed by atoms with Crippen molar-refractivity contribution < 1.29 is 18.0 Å². The van der Waals surface area contributed by atoms with E-state index < -0.39 is 35.3 Å². The first-order valence-electron chi connectivity index (χ1n) is 10.5. The van der Waals surface area contributed by atoms with E-state index in [0.717, 1.165) is 29.3 Å². The maximum absolute atomic E-state index is 14.7. The van der Waals surface area contributed by atoms with E-state index in [4.69, 9.17) is 0 Å². The molecule has 0 radical (unpaired) electrons. The maximum Gasteiger partial charge on any atom is 0.245 e. The lowest BCUT2D eigenvalue weighted by molar-refractivity contribution is -0.132. The molecule has 0 spiro atoms. The van der Waals surface area contributed by atoms with Crippen molar-refractivity contribution in [1.82, 2.24) is 5.01 Å². The van der Waals surface area contributed by atoms with Crippen molar-refractivity contribution in [3.8, 4) is 6.07 Å². The molecule has 1 aliphatic heterocycles. The molecule has 0 saturated carbocycles. The summed E-state index contributed by atoms with van der Waals surface area (Å²) < 4.78 is 43.4. The van der Waals surface area contributed by atoms with E-state index in [1.807, 2.05) is 24.3 Å². The van der Waals surface area contributed by atoms with Crippen LogP contribution < -0.4 is 5.01 Å². The van der Waals surface area contributed by atoms with Gasteiger partial charge < -0.3 is 0 Å². The second kappa shape index (κ2) is 8.54. The highest BCUT2D eigenvalue weighted by atomic mass is 19.2. The third-order valence-electron chi connectivity index (χ3n) is 6.14. The van der Waals surface area contributed by atoms with Gasteiger partial charge in [0.1, 0.15) is 5.82 Å². The summed E-state index contributed by atoms with van der Waals surface area (Å²) in [6.45, 7) is 3.60. The molecule has 1 heterocycles. The highest BCUT2D eigenvalue weighted by Gasteiger charge is 2.29. The van der Waals surface area contributed by atoms with Crippen LogP contribution >= 0.6 is 0 Å². The summed E-state index contributed by atoms with van der Waals surface area (Å²) in [7, 11) is 0. The number of halogens is 3. The maximum atomic E-state index is 14.7. The van der Waals surface area contributed by atoms with Crippen LogP contribution in [0.2, 0.25) is 0 Å². The molecule has 164 valence electrons. The van der Waals surface area contributed by atoms with Crippen LogP contribution in [-0.2, 0) is 11.2 Å². The fraction of sp³-hybridized carbons (Fsp3) is 0.280. The Morgan fingerprint density at radius 3 is 2.31 bits per heavy atom. The number of anilines is 1. The van der Waals surface area contributed by atoms with Gasteiger partial charge in [-0.05, 0) is 49.9 Å². The predicted molar refractivity (Wildman–Crippen MR) is 116 cm³/mol. The molecule has 4 nitrogen and oxygen atoms in total. The monoisotopic (exact) mass is 437 g/mol. The smallest absolute Gasteiger partial charge is 0.245 e. The van der Waals surface area contributed by atoms with E-state index in [9.17, 15) is 23.2 Å². The van der Waals surface area contributed by atoms with E-state index in [0.29, 0.717) is 18.7 Å². The van der Waals surface area contributed by atoms with Gasteiger partial charge in [-0.1, -0.05) is 24.3 Å². The Bertz CT molecular complexity index is 1240. The normalized spacial score (nSPS) is 14.0. The van der Waals surface area contributed by atoms with Crippen molar-refractivity contribution in [3.63, 3.8) is 0 Å². The number of hydrogen-bond donors (Lipinski definition) is 0. The third kappa shape index (κ3) is 3.56. The Morgan fingerprint density at radius 2 is 1.59 bits per heavy atom. The second-order valence-corrected chi connectivity index (χ2v) is 7.98. The van der Waals surface area contributed by atoms with Crippen LogP contribution in [0.15, 0.2) is 36.4 Å². The second-order valence-electron chi connectivity index (χ2n) is 7.98. The van der Waals surface area contributed by atoms with E-state index >= 15 is 0 Å². The molecule has 1 fully saturated rings. The van der Waals surface area contributed by atoms with Crippen molar-refractivity contribution in [2.45, 2.75) is 33.1 Å². The number of fused-ring (bicyclic) bond motifs is 1. The van der Waals surface area contributed by atoms with Crippen molar-refractivity contribution in [2.75, 3.05) is 18.1 Å². The van der Waals surface area contributed by atoms with Gasteiger partial charge >= 0.3 is 0 Å². The zero-order valence-corrected chi connectivity index (χ0v) is 17.9. The van der Waals surface area contributed by atoms with Gasteiger partial charge in [0.15, 0.2) is 11.6 Å². The van der Waals surface area contributed by atoms with E-state index in [2.05, 4.69) is 6.07 Å². The van der Waals surface area contributed by atoms with Gasteiger partial charge in [0, 0.05) is 29.4 Å². The van der Waals surface area contributed by atoms with Gasteiger partial charge in [0.25, 0.3) is 0 Å². The number of nitrogens with zero attached hydrogens (tertiary/aromatic N) is 3. The molecule has 0 aliphatic carbocycles. The van der Waals surface area contributed by atoms with Crippen LogP contribution in [-0.4, -0.2) is 24.0 Å². The van der Waals surface area contributed by atoms with E-state index in [1.54, 1.807) is 17.1 Å². The summed E-state index contributed by atoms with van der Waals surface area (Å²) in [4.78, 5) is 13.2. The lowest BCUT2D eigenvalue weighted by Crippen LogP contribution is -2.51. The summed E-state index contributed by atoms with van der Waals surface area (Å²) in [6, 6.07) is 13.1. The van der Waals surface area contributed by atoms with Gasteiger partial charge in [-0.15, -0.1) is 0 Å². The van der Waals surface area contributed by atoms with E-state index in [1.165, 1.54) is 18.9 Å². The summed E-state index contributed by atoms with van der Waals surface area (Å²) in [5, 5.41) is 14.3. The lowest BCUT2D eigenvalue weighted by Gasteiger charge is -2.41. The molecule has 1 aliphatic rings. The molecule has 1 amide bonds. The van der Waals surface area contributed by atoms with Gasteiger partial charge in [0.2, 0.25) is 5.91 Å². The Kier molecular flexibility index (Phi) is 5.79. The average Bonchev–Trinajstić information content (AvgIpc) is 2.83. The number of benzene rings is 3. The van der Waals surface area contributed by atoms with Crippen LogP contribution in [0.1, 0.15) is 35.1 Å². The van der Waals surface area contributed by atoms with Crippen molar-refractivity contribution in [1.29, 1.82) is 5.26 Å². The molecule has 3 aromatic carbocycles. The molecule has 0 N–H and O–H groups in total. The zero-order chi connectivity index (χ0) is 23.0. The summed E-state index contributed by atoms with van der Waals surface area (Å²) in [6.07, 6.45) is 0.988. The number of amides is 1. The van der Waals surface area contributed by atoms with Gasteiger partial charge in [-0.2, -0.15) is 5.26 Å². The first-order valence-corrected chi connectivity index (χ1v) is 10.5. The SMILES string of the molecule is Cc1c(C)c(F)c(CC(=O)N2CCCCN2c2ccc(C#N)c3ccccc23)c(F)c1F. The van der Waals surface area contributed by atoms with Gasteiger partial charge in [0.05, 0.1) is 23.7 Å². The topological polar surface area (TPSA) is 47.3 Å². The van der Waals surface area contributed by atoms with Crippen LogP contribution in [0.3, 0.4) is 0 Å². The Morgan fingerprint density at radius 1 is 0.938 bits per heavy atom. The van der Waals surface area contributed by atoms with Crippen LogP contribution in [0.25, 0.3) is 10.8 Å². The van der Waals surface area contributed by atoms with Crippen LogP contribution in [0.5, 0.6) is 0 Å². The molecule has 32 heavy (non-hydrogen) atoms. The number of nitriles is 1. The fourth-order valence-corrected chi connectivity index (χ4v) is 4.23. The third-order valence-corrected chi connectivity index (χ3v) is 6.14. The molecule has 0 bridgehead atoms. The molecule has 0 unspecified atom stereocenters. The molecule has 4 rings (SSSR count). The number of rotatable bonds is 3. The molecule has 1 saturated heterocycles. The van der Waals surface area contributed by atoms with Crippen molar-refractivity contribution in [2.24, 2.45) is 0 Å². The number of carbonyl (C=O) groups excluding carboxylic acids is 1. The first kappa shape index (κ1) is 21.7. The fourth-order valence-electron chi connectivity index (χ4n) is 4.23. The minimum atomic E-state index is -1.31. The lowest BCUT2D eigenvalue weighted by atomic mass is 10.0. The Balaban J connectivity index is 1.73. The summed E-state index contributed by atoms with van der Waals surface area (Å²) in [5.74, 6) is -3.84. The Labute approximate surface area is 184 Å². The Hall–Kier alpha value is -3.53. The number of hydrogen-bond acceptors (Lipinski definition) is 3. The van der Waals surface area contributed by atoms with Crippen molar-refractivity contribution in [3.05, 3.63) is 76.1 Å². The standard InChI is InChI=1S/C25H22F3N3O/c1-15-16(2)24(27)25(28)20(23(15)26)13-22(32)31-12-6-5-11-30(31)21-10-9-17(14-29)18-7-3-4-8-19(18)21/h3-4,7-10H,5-6,11-13H2,1-2H3. The zero-order valence-electron chi connectivity index (χ0n) is 17.9.